The van der Waals surface area contributed by atoms with Crippen LogP contribution in [-0.2, 0) is 16.1 Å². The first-order valence-electron chi connectivity index (χ1n) is 8.63. The van der Waals surface area contributed by atoms with Gasteiger partial charge in [-0.3, -0.25) is 19.4 Å². The highest BCUT2D eigenvalue weighted by molar-refractivity contribution is 6.39. The van der Waals surface area contributed by atoms with E-state index in [4.69, 9.17) is 0 Å². The summed E-state index contributed by atoms with van der Waals surface area (Å²) in [4.78, 5) is 43.3. The molecule has 9 nitrogen and oxygen atoms in total. The molecule has 0 saturated carbocycles. The number of aryl methyl sites for hydroxylation is 2. The van der Waals surface area contributed by atoms with Crippen molar-refractivity contribution < 1.29 is 9.59 Å². The zero-order valence-corrected chi connectivity index (χ0v) is 15.7. The van der Waals surface area contributed by atoms with Gasteiger partial charge in [0, 0.05) is 23.9 Å². The number of nitrogens with one attached hydrogen (secondary N) is 3. The quantitative estimate of drug-likeness (QED) is 0.586. The monoisotopic (exact) mass is 380 g/mol. The third-order valence-corrected chi connectivity index (χ3v) is 4.16. The number of aromatic amines is 1. The third kappa shape index (κ3) is 4.14. The second-order valence-electron chi connectivity index (χ2n) is 6.31. The lowest BCUT2D eigenvalue weighted by Gasteiger charge is -2.09. The Kier molecular flexibility index (Phi) is 5.35. The number of amides is 2. The Morgan fingerprint density at radius 3 is 2.50 bits per heavy atom. The summed E-state index contributed by atoms with van der Waals surface area (Å²) in [5.41, 5.74) is 2.21. The number of hydrogen-bond donors (Lipinski definition) is 3. The van der Waals surface area contributed by atoms with Crippen molar-refractivity contribution in [2.75, 3.05) is 5.32 Å². The minimum atomic E-state index is -0.844. The molecule has 0 aliphatic carbocycles. The molecule has 1 aromatic carbocycles. The van der Waals surface area contributed by atoms with E-state index in [0.29, 0.717) is 17.0 Å². The molecule has 9 heteroatoms. The molecule has 3 N–H and O–H groups in total. The van der Waals surface area contributed by atoms with Gasteiger partial charge < -0.3 is 10.6 Å². The van der Waals surface area contributed by atoms with Crippen LogP contribution >= 0.6 is 0 Å². The van der Waals surface area contributed by atoms with Crippen molar-refractivity contribution >= 4 is 17.6 Å². The molecule has 3 aromatic rings. The van der Waals surface area contributed by atoms with E-state index >= 15 is 0 Å². The molecule has 3 rings (SSSR count). The van der Waals surface area contributed by atoms with Crippen molar-refractivity contribution in [3.63, 3.8) is 0 Å². The minimum Gasteiger partial charge on any atom is -0.344 e. The van der Waals surface area contributed by atoms with Gasteiger partial charge in [-0.2, -0.15) is 9.78 Å². The van der Waals surface area contributed by atoms with Gasteiger partial charge in [0.1, 0.15) is 5.82 Å². The van der Waals surface area contributed by atoms with E-state index in [-0.39, 0.29) is 23.9 Å². The third-order valence-electron chi connectivity index (χ3n) is 4.16. The first kappa shape index (κ1) is 19.0. The van der Waals surface area contributed by atoms with Crippen LogP contribution in [0.5, 0.6) is 0 Å². The zero-order chi connectivity index (χ0) is 20.3. The number of nitrogens with zero attached hydrogens (tertiary/aromatic N) is 3. The lowest BCUT2D eigenvalue weighted by Crippen LogP contribution is -2.35. The molecule has 0 aliphatic rings. The highest BCUT2D eigenvalue weighted by atomic mass is 16.2. The van der Waals surface area contributed by atoms with Crippen LogP contribution in [0.4, 0.5) is 5.82 Å². The predicted molar refractivity (Wildman–Crippen MR) is 103 cm³/mol. The van der Waals surface area contributed by atoms with Gasteiger partial charge in [0.25, 0.3) is 5.56 Å². The lowest BCUT2D eigenvalue weighted by molar-refractivity contribution is -0.136. The maximum Gasteiger partial charge on any atom is 0.314 e. The van der Waals surface area contributed by atoms with Crippen LogP contribution in [0.15, 0.2) is 41.2 Å². The molecule has 0 spiro atoms. The molecular weight excluding hydrogens is 360 g/mol. The Labute approximate surface area is 160 Å². The van der Waals surface area contributed by atoms with Crippen molar-refractivity contribution in [2.45, 2.75) is 27.3 Å². The summed E-state index contributed by atoms with van der Waals surface area (Å²) in [6.07, 6.45) is 0. The largest absolute Gasteiger partial charge is 0.344 e. The van der Waals surface area contributed by atoms with Gasteiger partial charge in [0.05, 0.1) is 5.69 Å². The van der Waals surface area contributed by atoms with Crippen LogP contribution in [0.1, 0.15) is 22.5 Å². The highest BCUT2D eigenvalue weighted by Crippen LogP contribution is 2.14. The fourth-order valence-corrected chi connectivity index (χ4v) is 2.51. The Balaban J connectivity index is 1.77. The number of hydrogen-bond acceptors (Lipinski definition) is 5. The van der Waals surface area contributed by atoms with Crippen LogP contribution in [-0.4, -0.2) is 31.6 Å². The van der Waals surface area contributed by atoms with E-state index in [2.05, 4.69) is 25.7 Å². The van der Waals surface area contributed by atoms with Crippen molar-refractivity contribution in [3.8, 4) is 5.95 Å². The zero-order valence-electron chi connectivity index (χ0n) is 15.7. The van der Waals surface area contributed by atoms with Gasteiger partial charge >= 0.3 is 11.8 Å². The molecular formula is C19H20N6O3. The number of aromatic nitrogens is 4. The summed E-state index contributed by atoms with van der Waals surface area (Å²) in [6, 6.07) is 10.8. The fourth-order valence-electron chi connectivity index (χ4n) is 2.51. The van der Waals surface area contributed by atoms with E-state index in [1.165, 1.54) is 4.68 Å². The van der Waals surface area contributed by atoms with E-state index in [1.54, 1.807) is 26.8 Å². The molecule has 0 unspecified atom stereocenters. The first-order valence-corrected chi connectivity index (χ1v) is 8.63. The smallest absolute Gasteiger partial charge is 0.314 e. The molecule has 2 heterocycles. The van der Waals surface area contributed by atoms with Crippen molar-refractivity contribution in [3.05, 3.63) is 69.3 Å². The summed E-state index contributed by atoms with van der Waals surface area (Å²) in [5, 5.41) is 9.30. The summed E-state index contributed by atoms with van der Waals surface area (Å²) in [6.45, 7) is 5.33. The van der Waals surface area contributed by atoms with Crippen molar-refractivity contribution in [2.24, 2.45) is 0 Å². The predicted octanol–water partition coefficient (Wildman–Crippen LogP) is 1.14. The lowest BCUT2D eigenvalue weighted by atomic mass is 10.2. The van der Waals surface area contributed by atoms with Crippen LogP contribution in [0, 0.1) is 20.8 Å². The molecule has 0 bridgehead atoms. The number of carbonyl (C=O) groups excluding carboxylic acids is 2. The number of anilines is 1. The Morgan fingerprint density at radius 1 is 1.11 bits per heavy atom. The molecule has 0 saturated heterocycles. The van der Waals surface area contributed by atoms with Crippen molar-refractivity contribution in [1.29, 1.82) is 0 Å². The minimum absolute atomic E-state index is 0.154. The molecule has 0 radical (unpaired) electrons. The van der Waals surface area contributed by atoms with Crippen LogP contribution < -0.4 is 16.2 Å². The van der Waals surface area contributed by atoms with E-state index in [9.17, 15) is 14.4 Å². The Morgan fingerprint density at radius 2 is 1.82 bits per heavy atom. The number of benzene rings is 1. The summed E-state index contributed by atoms with van der Waals surface area (Å²) in [5.74, 6) is -1.25. The van der Waals surface area contributed by atoms with Crippen molar-refractivity contribution in [1.82, 2.24) is 25.1 Å². The number of carbonyl (C=O) groups is 2. The molecule has 144 valence electrons. The van der Waals surface area contributed by atoms with Crippen LogP contribution in [0.3, 0.4) is 0 Å². The van der Waals surface area contributed by atoms with E-state index in [1.807, 2.05) is 30.3 Å². The average molecular weight is 380 g/mol. The van der Waals surface area contributed by atoms with Crippen LogP contribution in [0.2, 0.25) is 0 Å². The Bertz CT molecular complexity index is 1080. The average Bonchev–Trinajstić information content (AvgIpc) is 3.04. The molecule has 0 aliphatic heterocycles. The second-order valence-corrected chi connectivity index (χ2v) is 6.31. The standard InChI is InChI=1S/C19H20N6O3/c1-11-9-15(25(24-11)19-21-13(3)12(2)16(26)23-19)22-18(28)17(27)20-10-14-7-5-4-6-8-14/h4-9H,10H2,1-3H3,(H,20,27)(H,22,28)(H,21,23,26). The first-order chi connectivity index (χ1) is 13.3. The van der Waals surface area contributed by atoms with Gasteiger partial charge in [0.2, 0.25) is 5.95 Å². The SMILES string of the molecule is Cc1cc(NC(=O)C(=O)NCc2ccccc2)n(-c2nc(C)c(C)c(=O)[nH]2)n1. The molecule has 2 amide bonds. The summed E-state index contributed by atoms with van der Waals surface area (Å²) < 4.78 is 1.28. The summed E-state index contributed by atoms with van der Waals surface area (Å²) >= 11 is 0. The molecule has 2 aromatic heterocycles. The van der Waals surface area contributed by atoms with Gasteiger partial charge in [-0.1, -0.05) is 30.3 Å². The highest BCUT2D eigenvalue weighted by Gasteiger charge is 2.18. The number of H-pyrrole nitrogens is 1. The topological polar surface area (TPSA) is 122 Å². The molecule has 0 fully saturated rings. The van der Waals surface area contributed by atoms with Gasteiger partial charge in [-0.05, 0) is 26.3 Å². The Hall–Kier alpha value is -3.75. The normalized spacial score (nSPS) is 10.5. The van der Waals surface area contributed by atoms with Gasteiger partial charge in [-0.25, -0.2) is 4.98 Å². The maximum absolute atomic E-state index is 12.3. The maximum atomic E-state index is 12.3. The van der Waals surface area contributed by atoms with E-state index in [0.717, 1.165) is 5.56 Å². The summed E-state index contributed by atoms with van der Waals surface area (Å²) in [7, 11) is 0. The van der Waals surface area contributed by atoms with Gasteiger partial charge in [0.15, 0.2) is 0 Å². The van der Waals surface area contributed by atoms with E-state index < -0.39 is 11.8 Å². The molecule has 28 heavy (non-hydrogen) atoms. The second kappa shape index (κ2) is 7.87. The number of rotatable bonds is 4. The molecule has 0 atom stereocenters. The fraction of sp³-hybridized carbons (Fsp3) is 0.211. The van der Waals surface area contributed by atoms with Crippen LogP contribution in [0.25, 0.3) is 5.95 Å². The van der Waals surface area contributed by atoms with Gasteiger partial charge in [-0.15, -0.1) is 0 Å².